The maximum Gasteiger partial charge on any atom is 0.407 e. The van der Waals surface area contributed by atoms with Gasteiger partial charge < -0.3 is 20.7 Å². The molecule has 0 aliphatic carbocycles. The molecule has 0 radical (unpaired) electrons. The van der Waals surface area contributed by atoms with Crippen LogP contribution in [-0.4, -0.2) is 29.9 Å². The molecule has 0 aliphatic rings. The number of carbonyl (C=O) groups is 1. The summed E-state index contributed by atoms with van der Waals surface area (Å²) in [4.78, 5) is 11.5. The van der Waals surface area contributed by atoms with Gasteiger partial charge in [-0.1, -0.05) is 23.7 Å². The fraction of sp³-hybridized carbons (Fsp3) is 0.467. The molecule has 0 bridgehead atoms. The predicted molar refractivity (Wildman–Crippen MR) is 94.6 cm³/mol. The van der Waals surface area contributed by atoms with E-state index in [1.807, 2.05) is 39.8 Å². The number of anilines is 1. The highest BCUT2D eigenvalue weighted by molar-refractivity contribution is 7.80. The fourth-order valence-corrected chi connectivity index (χ4v) is 2.08. The van der Waals surface area contributed by atoms with Crippen molar-refractivity contribution in [1.29, 1.82) is 0 Å². The molecule has 0 unspecified atom stereocenters. The summed E-state index contributed by atoms with van der Waals surface area (Å²) in [7, 11) is 0. The van der Waals surface area contributed by atoms with Crippen LogP contribution in [0.2, 0.25) is 5.02 Å². The first-order chi connectivity index (χ1) is 10.2. The van der Waals surface area contributed by atoms with Gasteiger partial charge in [-0.2, -0.15) is 0 Å². The summed E-state index contributed by atoms with van der Waals surface area (Å²) in [5, 5.41) is 9.74. The van der Waals surface area contributed by atoms with E-state index >= 15 is 0 Å². The van der Waals surface area contributed by atoms with E-state index in [0.29, 0.717) is 23.2 Å². The van der Waals surface area contributed by atoms with E-state index < -0.39 is 11.7 Å². The minimum Gasteiger partial charge on any atom is -0.444 e. The minimum atomic E-state index is -0.504. The van der Waals surface area contributed by atoms with Crippen LogP contribution in [0.3, 0.4) is 0 Å². The van der Waals surface area contributed by atoms with Crippen molar-refractivity contribution in [3.8, 4) is 0 Å². The number of alkyl carbamates (subject to hydrolysis) is 1. The van der Waals surface area contributed by atoms with Crippen molar-refractivity contribution in [2.45, 2.75) is 33.3 Å². The first-order valence-electron chi connectivity index (χ1n) is 6.96. The van der Waals surface area contributed by atoms with Gasteiger partial charge in [0.25, 0.3) is 0 Å². The molecule has 122 valence electrons. The topological polar surface area (TPSA) is 62.4 Å². The number of benzene rings is 1. The Kier molecular flexibility index (Phi) is 6.90. The van der Waals surface area contributed by atoms with Gasteiger partial charge in [-0.25, -0.2) is 4.79 Å². The van der Waals surface area contributed by atoms with Gasteiger partial charge >= 0.3 is 6.09 Å². The predicted octanol–water partition coefficient (Wildman–Crippen LogP) is 3.46. The van der Waals surface area contributed by atoms with Crippen molar-refractivity contribution < 1.29 is 9.53 Å². The molecule has 0 atom stereocenters. The van der Waals surface area contributed by atoms with Crippen LogP contribution in [-0.2, 0) is 4.74 Å². The SMILES string of the molecule is Cc1cccc(Cl)c1NC(=S)NCCNC(=O)OC(C)(C)C. The van der Waals surface area contributed by atoms with Gasteiger partial charge in [0.15, 0.2) is 5.11 Å². The molecule has 0 saturated heterocycles. The number of para-hydroxylation sites is 1. The molecule has 0 aliphatic heterocycles. The molecule has 22 heavy (non-hydrogen) atoms. The molecule has 1 amide bonds. The Morgan fingerprint density at radius 1 is 1.27 bits per heavy atom. The summed E-state index contributed by atoms with van der Waals surface area (Å²) in [5.41, 5.74) is 1.28. The number of ether oxygens (including phenoxy) is 1. The number of halogens is 1. The molecule has 1 rings (SSSR count). The van der Waals surface area contributed by atoms with Crippen molar-refractivity contribution >= 4 is 40.7 Å². The van der Waals surface area contributed by atoms with Gasteiger partial charge in [0.1, 0.15) is 5.60 Å². The average Bonchev–Trinajstić information content (AvgIpc) is 2.37. The standard InChI is InChI=1S/C15H22ClN3O2S/c1-10-6-5-7-11(16)12(10)19-13(22)17-8-9-18-14(20)21-15(2,3)4/h5-7H,8-9H2,1-4H3,(H,18,20)(H2,17,19,22). The van der Waals surface area contributed by atoms with Crippen LogP contribution in [0.4, 0.5) is 10.5 Å². The van der Waals surface area contributed by atoms with E-state index in [1.54, 1.807) is 6.07 Å². The number of nitrogens with one attached hydrogen (secondary N) is 3. The van der Waals surface area contributed by atoms with E-state index in [2.05, 4.69) is 16.0 Å². The third-order valence-corrected chi connectivity index (χ3v) is 3.10. The Labute approximate surface area is 141 Å². The van der Waals surface area contributed by atoms with Gasteiger partial charge in [0.2, 0.25) is 0 Å². The molecule has 0 fully saturated rings. The Bertz CT molecular complexity index is 524. The van der Waals surface area contributed by atoms with Crippen molar-refractivity contribution in [1.82, 2.24) is 10.6 Å². The van der Waals surface area contributed by atoms with E-state index in [1.165, 1.54) is 0 Å². The van der Waals surface area contributed by atoms with Crippen molar-refractivity contribution in [2.75, 3.05) is 18.4 Å². The lowest BCUT2D eigenvalue weighted by Gasteiger charge is -2.20. The molecule has 1 aromatic carbocycles. The lowest BCUT2D eigenvalue weighted by Crippen LogP contribution is -2.39. The van der Waals surface area contributed by atoms with E-state index in [0.717, 1.165) is 11.3 Å². The first kappa shape index (κ1) is 18.5. The molecule has 0 heterocycles. The quantitative estimate of drug-likeness (QED) is 0.577. The first-order valence-corrected chi connectivity index (χ1v) is 7.74. The lowest BCUT2D eigenvalue weighted by atomic mass is 10.2. The third-order valence-electron chi connectivity index (χ3n) is 2.54. The summed E-state index contributed by atoms with van der Waals surface area (Å²) in [6, 6.07) is 5.62. The summed E-state index contributed by atoms with van der Waals surface area (Å²) < 4.78 is 5.13. The number of hydrogen-bond acceptors (Lipinski definition) is 3. The van der Waals surface area contributed by atoms with Crippen LogP contribution < -0.4 is 16.0 Å². The number of hydrogen-bond donors (Lipinski definition) is 3. The maximum atomic E-state index is 11.5. The fourth-order valence-electron chi connectivity index (χ4n) is 1.60. The normalized spacial score (nSPS) is 10.8. The van der Waals surface area contributed by atoms with Crippen LogP contribution in [0.15, 0.2) is 18.2 Å². The zero-order valence-electron chi connectivity index (χ0n) is 13.2. The van der Waals surface area contributed by atoms with Crippen molar-refractivity contribution in [3.05, 3.63) is 28.8 Å². The van der Waals surface area contributed by atoms with Gasteiger partial charge in [-0.05, 0) is 51.5 Å². The highest BCUT2D eigenvalue weighted by Gasteiger charge is 2.15. The number of aryl methyl sites for hydroxylation is 1. The number of rotatable bonds is 4. The molecule has 0 saturated carbocycles. The van der Waals surface area contributed by atoms with Crippen molar-refractivity contribution in [2.24, 2.45) is 0 Å². The molecule has 1 aromatic rings. The monoisotopic (exact) mass is 343 g/mol. The zero-order chi connectivity index (χ0) is 16.8. The van der Waals surface area contributed by atoms with Crippen LogP contribution in [0.1, 0.15) is 26.3 Å². The highest BCUT2D eigenvalue weighted by Crippen LogP contribution is 2.24. The third kappa shape index (κ3) is 6.95. The number of thiocarbonyl (C=S) groups is 1. The van der Waals surface area contributed by atoms with E-state index in [9.17, 15) is 4.79 Å². The second-order valence-corrected chi connectivity index (χ2v) is 6.56. The maximum absolute atomic E-state index is 11.5. The van der Waals surface area contributed by atoms with E-state index in [4.69, 9.17) is 28.6 Å². The summed E-state index contributed by atoms with van der Waals surface area (Å²) >= 11 is 11.3. The van der Waals surface area contributed by atoms with Gasteiger partial charge in [0, 0.05) is 13.1 Å². The average molecular weight is 344 g/mol. The lowest BCUT2D eigenvalue weighted by molar-refractivity contribution is 0.0529. The van der Waals surface area contributed by atoms with Crippen LogP contribution in [0.5, 0.6) is 0 Å². The molecule has 0 spiro atoms. The Morgan fingerprint density at radius 2 is 1.91 bits per heavy atom. The molecular weight excluding hydrogens is 322 g/mol. The molecule has 3 N–H and O–H groups in total. The second kappa shape index (κ2) is 8.19. The summed E-state index contributed by atoms with van der Waals surface area (Å²) in [6.45, 7) is 8.27. The van der Waals surface area contributed by atoms with Crippen LogP contribution in [0.25, 0.3) is 0 Å². The van der Waals surface area contributed by atoms with E-state index in [-0.39, 0.29) is 0 Å². The molecule has 7 heteroatoms. The van der Waals surface area contributed by atoms with Gasteiger partial charge in [-0.3, -0.25) is 0 Å². The Morgan fingerprint density at radius 3 is 2.50 bits per heavy atom. The number of carbonyl (C=O) groups excluding carboxylic acids is 1. The van der Waals surface area contributed by atoms with Gasteiger partial charge in [0.05, 0.1) is 10.7 Å². The second-order valence-electron chi connectivity index (χ2n) is 5.74. The molecular formula is C15H22ClN3O2S. The Hall–Kier alpha value is -1.53. The summed E-state index contributed by atoms with van der Waals surface area (Å²) in [6.07, 6.45) is -0.449. The smallest absolute Gasteiger partial charge is 0.407 e. The van der Waals surface area contributed by atoms with Crippen LogP contribution in [0, 0.1) is 6.92 Å². The minimum absolute atomic E-state index is 0.401. The molecule has 5 nitrogen and oxygen atoms in total. The zero-order valence-corrected chi connectivity index (χ0v) is 14.8. The van der Waals surface area contributed by atoms with Crippen molar-refractivity contribution in [3.63, 3.8) is 0 Å². The molecule has 0 aromatic heterocycles. The number of amides is 1. The largest absolute Gasteiger partial charge is 0.444 e. The van der Waals surface area contributed by atoms with Crippen LogP contribution >= 0.6 is 23.8 Å². The Balaban J connectivity index is 2.31. The summed E-state index contributed by atoms with van der Waals surface area (Å²) in [5.74, 6) is 0. The van der Waals surface area contributed by atoms with Gasteiger partial charge in [-0.15, -0.1) is 0 Å². The highest BCUT2D eigenvalue weighted by atomic mass is 35.5.